The SMILES string of the molecule is CCN(C(=O)/C=C/c1cccc(Cl)c1)c1ccc(Br)cn1. The fourth-order valence-electron chi connectivity index (χ4n) is 1.83. The minimum Gasteiger partial charge on any atom is -0.294 e. The van der Waals surface area contributed by atoms with Crippen molar-refractivity contribution >= 4 is 45.3 Å². The molecule has 0 saturated carbocycles. The Kier molecular flexibility index (Phi) is 5.53. The predicted octanol–water partition coefficient (Wildman–Crippen LogP) is 4.56. The van der Waals surface area contributed by atoms with Gasteiger partial charge in [-0.1, -0.05) is 23.7 Å². The fraction of sp³-hybridized carbons (Fsp3) is 0.125. The number of benzene rings is 1. The van der Waals surface area contributed by atoms with Crippen LogP contribution in [0.4, 0.5) is 5.82 Å². The molecule has 1 amide bonds. The van der Waals surface area contributed by atoms with E-state index >= 15 is 0 Å². The first-order valence-corrected chi connectivity index (χ1v) is 7.64. The largest absolute Gasteiger partial charge is 0.294 e. The van der Waals surface area contributed by atoms with Crippen molar-refractivity contribution in [3.8, 4) is 0 Å². The Bertz CT molecular complexity index is 656. The van der Waals surface area contributed by atoms with Crippen LogP contribution in [0.1, 0.15) is 12.5 Å². The predicted molar refractivity (Wildman–Crippen MR) is 90.5 cm³/mol. The van der Waals surface area contributed by atoms with E-state index in [9.17, 15) is 4.79 Å². The van der Waals surface area contributed by atoms with Gasteiger partial charge in [0.2, 0.25) is 0 Å². The van der Waals surface area contributed by atoms with Crippen LogP contribution in [0.2, 0.25) is 5.02 Å². The van der Waals surface area contributed by atoms with Gasteiger partial charge in [0, 0.05) is 28.3 Å². The van der Waals surface area contributed by atoms with Crippen molar-refractivity contribution in [2.45, 2.75) is 6.92 Å². The Labute approximate surface area is 137 Å². The summed E-state index contributed by atoms with van der Waals surface area (Å²) in [5, 5.41) is 0.645. The third-order valence-corrected chi connectivity index (χ3v) is 3.54. The van der Waals surface area contributed by atoms with Crippen LogP contribution in [-0.4, -0.2) is 17.4 Å². The Morgan fingerprint density at radius 2 is 2.19 bits per heavy atom. The lowest BCUT2D eigenvalue weighted by Gasteiger charge is -2.17. The Hall–Kier alpha value is -1.65. The third kappa shape index (κ3) is 4.41. The molecule has 0 fully saturated rings. The Morgan fingerprint density at radius 1 is 1.38 bits per heavy atom. The van der Waals surface area contributed by atoms with Crippen molar-refractivity contribution < 1.29 is 4.79 Å². The summed E-state index contributed by atoms with van der Waals surface area (Å²) in [5.74, 6) is 0.508. The smallest absolute Gasteiger partial charge is 0.252 e. The standard InChI is InChI=1S/C16H14BrClN2O/c1-2-20(15-8-7-13(17)11-19-15)16(21)9-6-12-4-3-5-14(18)10-12/h3-11H,2H2,1H3/b9-6+. The van der Waals surface area contributed by atoms with Crippen molar-refractivity contribution in [3.05, 3.63) is 63.7 Å². The second kappa shape index (κ2) is 7.38. The minimum atomic E-state index is -0.118. The molecular formula is C16H14BrClN2O. The highest BCUT2D eigenvalue weighted by molar-refractivity contribution is 9.10. The van der Waals surface area contributed by atoms with Crippen LogP contribution in [0.3, 0.4) is 0 Å². The molecular weight excluding hydrogens is 352 g/mol. The molecule has 2 aromatic rings. The van der Waals surface area contributed by atoms with Crippen molar-refractivity contribution in [3.63, 3.8) is 0 Å². The van der Waals surface area contributed by atoms with Gasteiger partial charge in [-0.15, -0.1) is 0 Å². The van der Waals surface area contributed by atoms with Crippen molar-refractivity contribution in [1.82, 2.24) is 4.98 Å². The first-order chi connectivity index (χ1) is 10.1. The maximum atomic E-state index is 12.3. The Morgan fingerprint density at radius 3 is 2.81 bits per heavy atom. The summed E-state index contributed by atoms with van der Waals surface area (Å²) in [6, 6.07) is 11.0. The van der Waals surface area contributed by atoms with E-state index in [1.807, 2.05) is 25.1 Å². The van der Waals surface area contributed by atoms with E-state index in [-0.39, 0.29) is 5.91 Å². The second-order valence-electron chi connectivity index (χ2n) is 4.31. The van der Waals surface area contributed by atoms with Gasteiger partial charge in [0.1, 0.15) is 5.82 Å². The highest BCUT2D eigenvalue weighted by Gasteiger charge is 2.11. The van der Waals surface area contributed by atoms with Crippen LogP contribution in [0, 0.1) is 0 Å². The van der Waals surface area contributed by atoms with Crippen molar-refractivity contribution in [2.75, 3.05) is 11.4 Å². The third-order valence-electron chi connectivity index (χ3n) is 2.84. The zero-order valence-electron chi connectivity index (χ0n) is 11.5. The summed E-state index contributed by atoms with van der Waals surface area (Å²) in [6.07, 6.45) is 4.95. The molecule has 2 rings (SSSR count). The average Bonchev–Trinajstić information content (AvgIpc) is 2.48. The molecule has 1 aromatic heterocycles. The zero-order chi connectivity index (χ0) is 15.2. The number of halogens is 2. The number of rotatable bonds is 4. The van der Waals surface area contributed by atoms with Crippen molar-refractivity contribution in [2.24, 2.45) is 0 Å². The number of amides is 1. The van der Waals surface area contributed by atoms with Gasteiger partial charge in [-0.05, 0) is 58.8 Å². The number of aromatic nitrogens is 1. The zero-order valence-corrected chi connectivity index (χ0v) is 13.8. The molecule has 1 aromatic carbocycles. The molecule has 21 heavy (non-hydrogen) atoms. The lowest BCUT2D eigenvalue weighted by Crippen LogP contribution is -2.29. The van der Waals surface area contributed by atoms with Gasteiger partial charge < -0.3 is 0 Å². The molecule has 0 aliphatic carbocycles. The molecule has 108 valence electrons. The molecule has 0 aliphatic heterocycles. The topological polar surface area (TPSA) is 33.2 Å². The number of hydrogen-bond acceptors (Lipinski definition) is 2. The number of carbonyl (C=O) groups is 1. The first kappa shape index (κ1) is 15.7. The molecule has 3 nitrogen and oxygen atoms in total. The van der Waals surface area contributed by atoms with Crippen LogP contribution >= 0.6 is 27.5 Å². The van der Waals surface area contributed by atoms with Crippen LogP contribution in [0.15, 0.2) is 53.1 Å². The maximum Gasteiger partial charge on any atom is 0.252 e. The normalized spacial score (nSPS) is 10.8. The number of nitrogens with zero attached hydrogens (tertiary/aromatic N) is 2. The van der Waals surface area contributed by atoms with Gasteiger partial charge in [-0.25, -0.2) is 4.98 Å². The van der Waals surface area contributed by atoms with E-state index in [2.05, 4.69) is 20.9 Å². The van der Waals surface area contributed by atoms with E-state index in [0.29, 0.717) is 17.4 Å². The molecule has 1 heterocycles. The van der Waals surface area contributed by atoms with E-state index in [1.165, 1.54) is 6.08 Å². The molecule has 0 bridgehead atoms. The van der Waals surface area contributed by atoms with Gasteiger partial charge in [-0.3, -0.25) is 9.69 Å². The summed E-state index contributed by atoms with van der Waals surface area (Å²) in [6.45, 7) is 2.46. The molecule has 0 saturated heterocycles. The molecule has 0 unspecified atom stereocenters. The van der Waals surface area contributed by atoms with E-state index in [1.54, 1.807) is 35.4 Å². The minimum absolute atomic E-state index is 0.118. The second-order valence-corrected chi connectivity index (χ2v) is 5.66. The number of pyridine rings is 1. The van der Waals surface area contributed by atoms with Crippen molar-refractivity contribution in [1.29, 1.82) is 0 Å². The highest BCUT2D eigenvalue weighted by atomic mass is 79.9. The molecule has 5 heteroatoms. The van der Waals surface area contributed by atoms with Crippen LogP contribution in [-0.2, 0) is 4.79 Å². The number of carbonyl (C=O) groups excluding carboxylic acids is 1. The quantitative estimate of drug-likeness (QED) is 0.744. The van der Waals surface area contributed by atoms with Gasteiger partial charge in [0.25, 0.3) is 5.91 Å². The molecule has 0 N–H and O–H groups in total. The average molecular weight is 366 g/mol. The van der Waals surface area contributed by atoms with Gasteiger partial charge in [-0.2, -0.15) is 0 Å². The molecule has 0 spiro atoms. The summed E-state index contributed by atoms with van der Waals surface area (Å²) < 4.78 is 0.879. The summed E-state index contributed by atoms with van der Waals surface area (Å²) >= 11 is 9.25. The molecule has 0 radical (unpaired) electrons. The highest BCUT2D eigenvalue weighted by Crippen LogP contribution is 2.16. The lowest BCUT2D eigenvalue weighted by molar-refractivity contribution is -0.114. The first-order valence-electron chi connectivity index (χ1n) is 6.47. The number of likely N-dealkylation sites (N-methyl/N-ethyl adjacent to an activating group) is 1. The van der Waals surface area contributed by atoms with Gasteiger partial charge in [0.05, 0.1) is 0 Å². The maximum absolute atomic E-state index is 12.3. The van der Waals surface area contributed by atoms with Gasteiger partial charge >= 0.3 is 0 Å². The summed E-state index contributed by atoms with van der Waals surface area (Å²) in [7, 11) is 0. The Balaban J connectivity index is 2.15. The molecule has 0 atom stereocenters. The van der Waals surface area contributed by atoms with Crippen LogP contribution < -0.4 is 4.90 Å². The van der Waals surface area contributed by atoms with Crippen LogP contribution in [0.25, 0.3) is 6.08 Å². The van der Waals surface area contributed by atoms with E-state index < -0.39 is 0 Å². The molecule has 0 aliphatic rings. The van der Waals surface area contributed by atoms with E-state index in [4.69, 9.17) is 11.6 Å². The number of anilines is 1. The number of hydrogen-bond donors (Lipinski definition) is 0. The lowest BCUT2D eigenvalue weighted by atomic mass is 10.2. The van der Waals surface area contributed by atoms with Crippen LogP contribution in [0.5, 0.6) is 0 Å². The fourth-order valence-corrected chi connectivity index (χ4v) is 2.26. The van der Waals surface area contributed by atoms with Gasteiger partial charge in [0.15, 0.2) is 0 Å². The monoisotopic (exact) mass is 364 g/mol. The van der Waals surface area contributed by atoms with E-state index in [0.717, 1.165) is 10.0 Å². The summed E-state index contributed by atoms with van der Waals surface area (Å²) in [4.78, 5) is 18.1. The summed E-state index contributed by atoms with van der Waals surface area (Å²) in [5.41, 5.74) is 0.885.